The number of hydrogen-bond donors (Lipinski definition) is 0. The third kappa shape index (κ3) is 4.20. The Hall–Kier alpha value is -0.590. The maximum Gasteiger partial charge on any atom is 0.242 e. The van der Waals surface area contributed by atoms with Crippen molar-refractivity contribution in [1.82, 2.24) is 4.31 Å². The van der Waals surface area contributed by atoms with Crippen molar-refractivity contribution in [2.45, 2.75) is 31.2 Å². The molecule has 0 aromatic heterocycles. The van der Waals surface area contributed by atoms with Crippen LogP contribution in [0.25, 0.3) is 0 Å². The van der Waals surface area contributed by atoms with E-state index in [9.17, 15) is 8.42 Å². The van der Waals surface area contributed by atoms with Crippen LogP contribution in [0.2, 0.25) is 0 Å². The lowest BCUT2D eigenvalue weighted by Crippen LogP contribution is -2.32. The van der Waals surface area contributed by atoms with Crippen molar-refractivity contribution in [2.24, 2.45) is 0 Å². The smallest absolute Gasteiger partial charge is 0.242 e. The molecule has 1 aromatic rings. The molecule has 0 fully saturated rings. The maximum atomic E-state index is 12.0. The lowest BCUT2D eigenvalue weighted by Gasteiger charge is -2.29. The third-order valence-electron chi connectivity index (χ3n) is 3.10. The van der Waals surface area contributed by atoms with Crippen LogP contribution in [-0.2, 0) is 10.0 Å². The van der Waals surface area contributed by atoms with Gasteiger partial charge in [0.25, 0.3) is 0 Å². The van der Waals surface area contributed by atoms with E-state index in [0.29, 0.717) is 10.9 Å². The zero-order valence-electron chi connectivity index (χ0n) is 12.5. The summed E-state index contributed by atoms with van der Waals surface area (Å²) in [6.07, 6.45) is 1.05. The summed E-state index contributed by atoms with van der Waals surface area (Å²) < 4.78 is 25.3. The topological polar surface area (TPSA) is 40.6 Å². The standard InChI is InChI=1S/C14H23BrN2O2S/c1-12(2)17(11-5-10-15)13-6-8-14(9-7-13)20(18,19)16(3)4/h6-9,12H,5,10-11H2,1-4H3. The minimum atomic E-state index is -3.35. The van der Waals surface area contributed by atoms with E-state index in [4.69, 9.17) is 0 Å². The molecule has 1 aromatic carbocycles. The van der Waals surface area contributed by atoms with Gasteiger partial charge in [-0.3, -0.25) is 0 Å². The van der Waals surface area contributed by atoms with Crippen LogP contribution in [0.4, 0.5) is 5.69 Å². The number of anilines is 1. The summed E-state index contributed by atoms with van der Waals surface area (Å²) in [4.78, 5) is 2.60. The van der Waals surface area contributed by atoms with Gasteiger partial charge >= 0.3 is 0 Å². The number of rotatable bonds is 7. The second-order valence-electron chi connectivity index (χ2n) is 5.11. The molecule has 6 heteroatoms. The minimum absolute atomic E-state index is 0.329. The summed E-state index contributed by atoms with van der Waals surface area (Å²) in [6, 6.07) is 7.49. The second-order valence-corrected chi connectivity index (χ2v) is 8.06. The summed E-state index contributed by atoms with van der Waals surface area (Å²) in [7, 11) is -0.267. The fourth-order valence-electron chi connectivity index (χ4n) is 1.94. The van der Waals surface area contributed by atoms with Crippen molar-refractivity contribution in [3.05, 3.63) is 24.3 Å². The molecular formula is C14H23BrN2O2S. The molecule has 0 aliphatic carbocycles. The van der Waals surface area contributed by atoms with E-state index < -0.39 is 10.0 Å². The van der Waals surface area contributed by atoms with Crippen LogP contribution < -0.4 is 4.90 Å². The van der Waals surface area contributed by atoms with Gasteiger partial charge in [-0.15, -0.1) is 0 Å². The quantitative estimate of drug-likeness (QED) is 0.700. The fourth-order valence-corrected chi connectivity index (χ4v) is 3.09. The van der Waals surface area contributed by atoms with E-state index in [1.165, 1.54) is 4.31 Å². The SMILES string of the molecule is CC(C)N(CCCBr)c1ccc(S(=O)(=O)N(C)C)cc1. The summed E-state index contributed by atoms with van der Waals surface area (Å²) in [5.74, 6) is 0. The molecule has 0 amide bonds. The van der Waals surface area contributed by atoms with Crippen molar-refractivity contribution >= 4 is 31.6 Å². The van der Waals surface area contributed by atoms with Gasteiger partial charge in [-0.25, -0.2) is 12.7 Å². The van der Waals surface area contributed by atoms with E-state index in [0.717, 1.165) is 24.0 Å². The Morgan fingerprint density at radius 2 is 1.70 bits per heavy atom. The monoisotopic (exact) mass is 362 g/mol. The highest BCUT2D eigenvalue weighted by molar-refractivity contribution is 9.09. The molecule has 0 aliphatic rings. The molecule has 0 bridgehead atoms. The number of sulfonamides is 1. The average molecular weight is 363 g/mol. The maximum absolute atomic E-state index is 12.0. The van der Waals surface area contributed by atoms with Crippen LogP contribution in [-0.4, -0.2) is 44.7 Å². The van der Waals surface area contributed by atoms with Gasteiger partial charge in [-0.1, -0.05) is 15.9 Å². The molecule has 114 valence electrons. The highest BCUT2D eigenvalue weighted by Crippen LogP contribution is 2.21. The van der Waals surface area contributed by atoms with Crippen LogP contribution in [0.15, 0.2) is 29.2 Å². The van der Waals surface area contributed by atoms with Gasteiger partial charge in [-0.05, 0) is 44.5 Å². The predicted octanol–water partition coefficient (Wildman–Crippen LogP) is 2.94. The van der Waals surface area contributed by atoms with Crippen LogP contribution in [0.3, 0.4) is 0 Å². The van der Waals surface area contributed by atoms with Gasteiger partial charge in [0, 0.05) is 37.7 Å². The lowest BCUT2D eigenvalue weighted by atomic mass is 10.2. The molecule has 0 radical (unpaired) electrons. The van der Waals surface area contributed by atoms with Gasteiger partial charge in [0.1, 0.15) is 0 Å². The first-order valence-corrected chi connectivity index (χ1v) is 9.22. The average Bonchev–Trinajstić information content (AvgIpc) is 2.39. The highest BCUT2D eigenvalue weighted by atomic mass is 79.9. The van der Waals surface area contributed by atoms with Gasteiger partial charge in [0.05, 0.1) is 4.90 Å². The van der Waals surface area contributed by atoms with Crippen molar-refractivity contribution < 1.29 is 8.42 Å². The number of hydrogen-bond acceptors (Lipinski definition) is 3. The van der Waals surface area contributed by atoms with Gasteiger partial charge in [-0.2, -0.15) is 0 Å². The van der Waals surface area contributed by atoms with Crippen LogP contribution >= 0.6 is 15.9 Å². The molecule has 0 aliphatic heterocycles. The molecular weight excluding hydrogens is 340 g/mol. The summed E-state index contributed by atoms with van der Waals surface area (Å²) in [6.45, 7) is 5.22. The third-order valence-corrected chi connectivity index (χ3v) is 5.49. The lowest BCUT2D eigenvalue weighted by molar-refractivity contribution is 0.520. The van der Waals surface area contributed by atoms with E-state index in [1.54, 1.807) is 26.2 Å². The Morgan fingerprint density at radius 3 is 2.10 bits per heavy atom. The zero-order chi connectivity index (χ0) is 15.3. The molecule has 0 N–H and O–H groups in total. The summed E-state index contributed by atoms with van der Waals surface area (Å²) in [5, 5.41) is 0.962. The number of nitrogens with zero attached hydrogens (tertiary/aromatic N) is 2. The highest BCUT2D eigenvalue weighted by Gasteiger charge is 2.17. The fraction of sp³-hybridized carbons (Fsp3) is 0.571. The Morgan fingerprint density at radius 1 is 1.15 bits per heavy atom. The number of halogens is 1. The van der Waals surface area contributed by atoms with E-state index >= 15 is 0 Å². The normalized spacial score (nSPS) is 12.2. The summed E-state index contributed by atoms with van der Waals surface area (Å²) >= 11 is 3.44. The Bertz CT molecular complexity index is 512. The van der Waals surface area contributed by atoms with Crippen LogP contribution in [0, 0.1) is 0 Å². The molecule has 0 saturated heterocycles. The number of benzene rings is 1. The van der Waals surface area contributed by atoms with Crippen molar-refractivity contribution in [3.8, 4) is 0 Å². The van der Waals surface area contributed by atoms with Crippen LogP contribution in [0.5, 0.6) is 0 Å². The van der Waals surface area contributed by atoms with Crippen molar-refractivity contribution in [2.75, 3.05) is 30.9 Å². The molecule has 0 atom stereocenters. The van der Waals surface area contributed by atoms with Crippen molar-refractivity contribution in [3.63, 3.8) is 0 Å². The zero-order valence-corrected chi connectivity index (χ0v) is 14.9. The second kappa shape index (κ2) is 7.43. The molecule has 0 spiro atoms. The Labute approximate surface area is 130 Å². The molecule has 0 saturated carbocycles. The predicted molar refractivity (Wildman–Crippen MR) is 88.2 cm³/mol. The van der Waals surface area contributed by atoms with Gasteiger partial charge in [0.2, 0.25) is 10.0 Å². The van der Waals surface area contributed by atoms with Crippen molar-refractivity contribution in [1.29, 1.82) is 0 Å². The van der Waals surface area contributed by atoms with Gasteiger partial charge in [0.15, 0.2) is 0 Å². The molecule has 0 heterocycles. The van der Waals surface area contributed by atoms with Gasteiger partial charge < -0.3 is 4.90 Å². The van der Waals surface area contributed by atoms with E-state index in [2.05, 4.69) is 34.7 Å². The van der Waals surface area contributed by atoms with E-state index in [1.807, 2.05) is 12.1 Å². The first kappa shape index (κ1) is 17.5. The summed E-state index contributed by atoms with van der Waals surface area (Å²) in [5.41, 5.74) is 1.05. The Kier molecular flexibility index (Phi) is 6.48. The largest absolute Gasteiger partial charge is 0.369 e. The first-order chi connectivity index (χ1) is 9.30. The molecule has 0 unspecified atom stereocenters. The minimum Gasteiger partial charge on any atom is -0.369 e. The molecule has 1 rings (SSSR count). The van der Waals surface area contributed by atoms with Crippen LogP contribution in [0.1, 0.15) is 20.3 Å². The van der Waals surface area contributed by atoms with E-state index in [-0.39, 0.29) is 0 Å². The molecule has 4 nitrogen and oxygen atoms in total. The number of alkyl halides is 1. The Balaban J connectivity index is 3.00. The molecule has 20 heavy (non-hydrogen) atoms. The first-order valence-electron chi connectivity index (χ1n) is 6.66.